The maximum atomic E-state index is 6.04. The van der Waals surface area contributed by atoms with Crippen molar-refractivity contribution in [2.24, 2.45) is 0 Å². The summed E-state index contributed by atoms with van der Waals surface area (Å²) >= 11 is 13.1. The number of hydrogen-bond donors (Lipinski definition) is 1. The van der Waals surface area contributed by atoms with Gasteiger partial charge in [0.15, 0.2) is 5.82 Å². The number of anilines is 1. The summed E-state index contributed by atoms with van der Waals surface area (Å²) in [5, 5.41) is 4.01. The third-order valence-electron chi connectivity index (χ3n) is 2.97. The fourth-order valence-electron chi connectivity index (χ4n) is 1.85. The van der Waals surface area contributed by atoms with Gasteiger partial charge in [-0.3, -0.25) is 0 Å². The van der Waals surface area contributed by atoms with E-state index < -0.39 is 0 Å². The van der Waals surface area contributed by atoms with Gasteiger partial charge in [-0.15, -0.1) is 0 Å². The van der Waals surface area contributed by atoms with E-state index in [9.17, 15) is 0 Å². The number of nitrogens with zero attached hydrogens (tertiary/aromatic N) is 2. The van der Waals surface area contributed by atoms with Gasteiger partial charge < -0.3 is 5.32 Å². The lowest BCUT2D eigenvalue weighted by Gasteiger charge is -2.12. The molecule has 3 nitrogen and oxygen atoms in total. The molecule has 0 saturated heterocycles. The van der Waals surface area contributed by atoms with Gasteiger partial charge >= 0.3 is 0 Å². The molecule has 112 valence electrons. The summed E-state index contributed by atoms with van der Waals surface area (Å²) in [6.45, 7) is 5.08. The topological polar surface area (TPSA) is 37.8 Å². The summed E-state index contributed by atoms with van der Waals surface area (Å²) in [5.41, 5.74) is 1.93. The molecule has 0 atom stereocenters. The van der Waals surface area contributed by atoms with Crippen LogP contribution in [0.5, 0.6) is 0 Å². The van der Waals surface area contributed by atoms with Gasteiger partial charge in [-0.1, -0.05) is 25.4 Å². The molecule has 0 fully saturated rings. The summed E-state index contributed by atoms with van der Waals surface area (Å²) in [5.74, 6) is 1.54. The van der Waals surface area contributed by atoms with Gasteiger partial charge in [0, 0.05) is 16.6 Å². The molecule has 6 heteroatoms. The molecule has 0 aliphatic carbocycles. The first-order valence-electron chi connectivity index (χ1n) is 6.82. The van der Waals surface area contributed by atoms with E-state index in [-0.39, 0.29) is 0 Å². The van der Waals surface area contributed by atoms with Crippen LogP contribution in [0.4, 0.5) is 5.82 Å². The average Bonchev–Trinajstić information content (AvgIpc) is 2.49. The summed E-state index contributed by atoms with van der Waals surface area (Å²) < 4.78 is 1.78. The van der Waals surface area contributed by atoms with Crippen molar-refractivity contribution in [2.45, 2.75) is 26.7 Å². The van der Waals surface area contributed by atoms with Crippen LogP contribution in [0.1, 0.15) is 26.0 Å². The predicted octanol–water partition coefficient (Wildman–Crippen LogP) is 5.71. The van der Waals surface area contributed by atoms with Crippen LogP contribution in [0.25, 0.3) is 11.4 Å². The third-order valence-corrected chi connectivity index (χ3v) is 5.02. The monoisotopic (exact) mass is 431 g/mol. The molecule has 0 aliphatic heterocycles. The van der Waals surface area contributed by atoms with E-state index in [0.29, 0.717) is 10.8 Å². The molecule has 0 radical (unpaired) electrons. The largest absolute Gasteiger partial charge is 0.369 e. The lowest BCUT2D eigenvalue weighted by Crippen LogP contribution is -2.07. The van der Waals surface area contributed by atoms with Gasteiger partial charge in [0.05, 0.1) is 15.2 Å². The predicted molar refractivity (Wildman–Crippen MR) is 96.0 cm³/mol. The molecule has 2 aromatic rings. The van der Waals surface area contributed by atoms with E-state index in [1.165, 1.54) is 0 Å². The Bertz CT molecular complexity index is 647. The van der Waals surface area contributed by atoms with Crippen LogP contribution in [-0.2, 0) is 6.42 Å². The summed E-state index contributed by atoms with van der Waals surface area (Å²) in [6.07, 6.45) is 1.88. The number of halogens is 3. The van der Waals surface area contributed by atoms with Crippen LogP contribution in [0.15, 0.2) is 27.1 Å². The quantitative estimate of drug-likeness (QED) is 0.657. The number of aromatic nitrogens is 2. The number of rotatable bonds is 5. The second kappa shape index (κ2) is 7.56. The molecule has 1 aromatic heterocycles. The average molecular weight is 434 g/mol. The molecule has 21 heavy (non-hydrogen) atoms. The second-order valence-corrected chi connectivity index (χ2v) is 6.62. The zero-order chi connectivity index (χ0) is 15.4. The van der Waals surface area contributed by atoms with Crippen LogP contribution in [-0.4, -0.2) is 16.5 Å². The first-order chi connectivity index (χ1) is 10.1. The van der Waals surface area contributed by atoms with Crippen LogP contribution in [0, 0.1) is 0 Å². The van der Waals surface area contributed by atoms with E-state index >= 15 is 0 Å². The highest BCUT2D eigenvalue weighted by Gasteiger charge is 2.13. The molecule has 2 rings (SSSR count). The molecule has 0 aliphatic rings. The van der Waals surface area contributed by atoms with E-state index in [1.54, 1.807) is 0 Å². The Balaban J connectivity index is 2.49. The summed E-state index contributed by atoms with van der Waals surface area (Å²) in [6, 6.07) is 5.71. The Labute approximate surface area is 146 Å². The molecule has 1 heterocycles. The fraction of sp³-hybridized carbons (Fsp3) is 0.333. The Kier molecular flexibility index (Phi) is 6.02. The Morgan fingerprint density at radius 1 is 1.19 bits per heavy atom. The minimum Gasteiger partial charge on any atom is -0.369 e. The van der Waals surface area contributed by atoms with Crippen LogP contribution in [0.2, 0.25) is 5.02 Å². The van der Waals surface area contributed by atoms with Crippen LogP contribution >= 0.6 is 43.5 Å². The number of benzene rings is 1. The highest BCUT2D eigenvalue weighted by Crippen LogP contribution is 2.31. The van der Waals surface area contributed by atoms with Crippen molar-refractivity contribution in [2.75, 3.05) is 11.9 Å². The van der Waals surface area contributed by atoms with Crippen molar-refractivity contribution < 1.29 is 0 Å². The molecule has 0 saturated carbocycles. The van der Waals surface area contributed by atoms with Crippen molar-refractivity contribution >= 4 is 49.3 Å². The Morgan fingerprint density at radius 3 is 2.57 bits per heavy atom. The van der Waals surface area contributed by atoms with Gasteiger partial charge in [0.1, 0.15) is 5.82 Å². The minimum absolute atomic E-state index is 0.677. The first-order valence-corrected chi connectivity index (χ1v) is 8.78. The van der Waals surface area contributed by atoms with Crippen molar-refractivity contribution in [1.82, 2.24) is 9.97 Å². The minimum atomic E-state index is 0.677. The molecule has 0 amide bonds. The Hall–Kier alpha value is -0.650. The maximum Gasteiger partial charge on any atom is 0.161 e. The summed E-state index contributed by atoms with van der Waals surface area (Å²) in [4.78, 5) is 9.27. The van der Waals surface area contributed by atoms with Crippen LogP contribution < -0.4 is 5.32 Å². The fourth-order valence-corrected chi connectivity index (χ4v) is 2.95. The molecular weight excluding hydrogens is 417 g/mol. The maximum absolute atomic E-state index is 6.04. The van der Waals surface area contributed by atoms with Gasteiger partial charge in [0.25, 0.3) is 0 Å². The smallest absolute Gasteiger partial charge is 0.161 e. The van der Waals surface area contributed by atoms with Gasteiger partial charge in [-0.2, -0.15) is 0 Å². The zero-order valence-electron chi connectivity index (χ0n) is 11.9. The second-order valence-electron chi connectivity index (χ2n) is 4.57. The first kappa shape index (κ1) is 16.7. The highest BCUT2D eigenvalue weighted by atomic mass is 79.9. The van der Waals surface area contributed by atoms with E-state index in [0.717, 1.165) is 45.4 Å². The molecule has 0 spiro atoms. The van der Waals surface area contributed by atoms with Crippen molar-refractivity contribution in [3.05, 3.63) is 37.9 Å². The van der Waals surface area contributed by atoms with Gasteiger partial charge in [-0.25, -0.2) is 9.97 Å². The van der Waals surface area contributed by atoms with E-state index in [4.69, 9.17) is 11.6 Å². The van der Waals surface area contributed by atoms with E-state index in [2.05, 4.69) is 61.0 Å². The van der Waals surface area contributed by atoms with Crippen molar-refractivity contribution in [3.63, 3.8) is 0 Å². The lowest BCUT2D eigenvalue weighted by molar-refractivity contribution is 0.944. The lowest BCUT2D eigenvalue weighted by atomic mass is 10.2. The van der Waals surface area contributed by atoms with Crippen molar-refractivity contribution in [3.8, 4) is 11.4 Å². The van der Waals surface area contributed by atoms with Gasteiger partial charge in [0.2, 0.25) is 0 Å². The third kappa shape index (κ3) is 3.96. The molecule has 1 N–H and O–H groups in total. The van der Waals surface area contributed by atoms with Crippen molar-refractivity contribution in [1.29, 1.82) is 0 Å². The normalized spacial score (nSPS) is 10.7. The van der Waals surface area contributed by atoms with Crippen LogP contribution in [0.3, 0.4) is 0 Å². The summed E-state index contributed by atoms with van der Waals surface area (Å²) in [7, 11) is 0. The molecule has 1 aromatic carbocycles. The molecule has 0 bridgehead atoms. The standard InChI is InChI=1S/C15H16Br2ClN3/c1-3-7-19-15-13(17)12(4-2)20-14(21-15)9-5-6-11(18)10(16)8-9/h5-6,8H,3-4,7H2,1-2H3,(H,19,20,21). The highest BCUT2D eigenvalue weighted by molar-refractivity contribution is 9.11. The number of hydrogen-bond acceptors (Lipinski definition) is 3. The zero-order valence-corrected chi connectivity index (χ0v) is 15.8. The molecular formula is C15H16Br2ClN3. The SMILES string of the molecule is CCCNc1nc(-c2ccc(Cl)c(Br)c2)nc(CC)c1Br. The number of nitrogens with one attached hydrogen (secondary N) is 1. The molecule has 0 unspecified atom stereocenters. The van der Waals surface area contributed by atoms with Gasteiger partial charge in [-0.05, 0) is 62.9 Å². The Morgan fingerprint density at radius 2 is 1.95 bits per heavy atom. The number of aryl methyl sites for hydroxylation is 1. The van der Waals surface area contributed by atoms with E-state index in [1.807, 2.05) is 18.2 Å².